The smallest absolute Gasteiger partial charge is 0.262 e. The van der Waals surface area contributed by atoms with E-state index in [-0.39, 0.29) is 0 Å². The molecule has 0 aliphatic carbocycles. The molecule has 7 heteroatoms. The van der Waals surface area contributed by atoms with E-state index >= 15 is 0 Å². The second-order valence-corrected chi connectivity index (χ2v) is 7.45. The average Bonchev–Trinajstić information content (AvgIpc) is 2.91. The summed E-state index contributed by atoms with van der Waals surface area (Å²) in [6.45, 7) is 6.10. The molecule has 0 bridgehead atoms. The van der Waals surface area contributed by atoms with Gasteiger partial charge in [-0.25, -0.2) is 0 Å². The third-order valence-electron chi connectivity index (χ3n) is 4.36. The maximum Gasteiger partial charge on any atom is 0.262 e. The van der Waals surface area contributed by atoms with Crippen LogP contribution in [0, 0.1) is 5.92 Å². The molecular weight excluding hydrogens is 380 g/mol. The van der Waals surface area contributed by atoms with Crippen LogP contribution in [-0.4, -0.2) is 35.3 Å². The molecule has 1 aliphatic heterocycles. The number of hydrogen-bond acceptors (Lipinski definition) is 4. The third kappa shape index (κ3) is 3.87. The van der Waals surface area contributed by atoms with Crippen LogP contribution in [0.1, 0.15) is 41.5 Å². The minimum absolute atomic E-state index is 0.307. The van der Waals surface area contributed by atoms with Crippen molar-refractivity contribution in [2.45, 2.75) is 26.8 Å². The summed E-state index contributed by atoms with van der Waals surface area (Å²) in [6, 6.07) is 10.5. The van der Waals surface area contributed by atoms with Gasteiger partial charge in [0.2, 0.25) is 5.91 Å². The monoisotopic (exact) mass is 400 g/mol. The predicted molar refractivity (Wildman–Crippen MR) is 107 cm³/mol. The van der Waals surface area contributed by atoms with Crippen LogP contribution in [0.5, 0.6) is 5.75 Å². The van der Waals surface area contributed by atoms with E-state index in [1.165, 1.54) is 6.92 Å². The summed E-state index contributed by atoms with van der Waals surface area (Å²) in [5.74, 6) is -0.545. The van der Waals surface area contributed by atoms with E-state index in [0.717, 1.165) is 4.90 Å². The Balaban J connectivity index is 1.71. The van der Waals surface area contributed by atoms with E-state index in [9.17, 15) is 14.4 Å². The van der Waals surface area contributed by atoms with E-state index in [4.69, 9.17) is 16.3 Å². The highest BCUT2D eigenvalue weighted by molar-refractivity contribution is 6.32. The SMILES string of the molecule is CC(C)COc1ccc(NC(=O)C(C)N2C(=O)c3ccccc3C2=O)cc1Cl. The number of anilines is 1. The zero-order valence-electron chi connectivity index (χ0n) is 15.9. The number of fused-ring (bicyclic) bond motifs is 1. The van der Waals surface area contributed by atoms with Crippen LogP contribution in [-0.2, 0) is 4.79 Å². The largest absolute Gasteiger partial charge is 0.492 e. The van der Waals surface area contributed by atoms with Gasteiger partial charge in [-0.3, -0.25) is 19.3 Å². The van der Waals surface area contributed by atoms with E-state index in [0.29, 0.717) is 40.1 Å². The fraction of sp³-hybridized carbons (Fsp3) is 0.286. The van der Waals surface area contributed by atoms with Crippen molar-refractivity contribution in [1.82, 2.24) is 4.90 Å². The summed E-state index contributed by atoms with van der Waals surface area (Å²) < 4.78 is 5.61. The Morgan fingerprint density at radius 1 is 1.07 bits per heavy atom. The number of nitrogens with zero attached hydrogens (tertiary/aromatic N) is 1. The minimum Gasteiger partial charge on any atom is -0.492 e. The number of imide groups is 1. The van der Waals surface area contributed by atoms with Crippen LogP contribution >= 0.6 is 11.6 Å². The van der Waals surface area contributed by atoms with Crippen molar-refractivity contribution in [3.05, 3.63) is 58.6 Å². The van der Waals surface area contributed by atoms with E-state index < -0.39 is 23.8 Å². The standard InChI is InChI=1S/C21H21ClN2O4/c1-12(2)11-28-18-9-8-14(10-17(18)22)23-19(25)13(3)24-20(26)15-6-4-5-7-16(15)21(24)27/h4-10,12-13H,11H2,1-3H3,(H,23,25). The number of carbonyl (C=O) groups is 3. The highest BCUT2D eigenvalue weighted by Crippen LogP contribution is 2.29. The molecule has 146 valence electrons. The number of rotatable bonds is 6. The number of amides is 3. The van der Waals surface area contributed by atoms with Gasteiger partial charge in [0.25, 0.3) is 11.8 Å². The lowest BCUT2D eigenvalue weighted by atomic mass is 10.1. The number of benzene rings is 2. The van der Waals surface area contributed by atoms with E-state index in [1.807, 2.05) is 13.8 Å². The van der Waals surface area contributed by atoms with Gasteiger partial charge in [0, 0.05) is 5.69 Å². The van der Waals surface area contributed by atoms with Gasteiger partial charge >= 0.3 is 0 Å². The number of nitrogens with one attached hydrogen (secondary N) is 1. The zero-order chi connectivity index (χ0) is 20.4. The Kier molecular flexibility index (Phi) is 5.70. The van der Waals surface area contributed by atoms with Crippen molar-refractivity contribution in [3.8, 4) is 5.75 Å². The molecular formula is C21H21ClN2O4. The van der Waals surface area contributed by atoms with Gasteiger partial charge in [0.05, 0.1) is 22.8 Å². The highest BCUT2D eigenvalue weighted by atomic mass is 35.5. The number of hydrogen-bond donors (Lipinski definition) is 1. The lowest BCUT2D eigenvalue weighted by molar-refractivity contribution is -0.119. The molecule has 1 unspecified atom stereocenters. The maximum absolute atomic E-state index is 12.6. The fourth-order valence-corrected chi connectivity index (χ4v) is 3.11. The lowest BCUT2D eigenvalue weighted by Gasteiger charge is -2.22. The van der Waals surface area contributed by atoms with Crippen LogP contribution < -0.4 is 10.1 Å². The minimum atomic E-state index is -0.969. The average molecular weight is 401 g/mol. The first-order valence-electron chi connectivity index (χ1n) is 8.99. The Hall–Kier alpha value is -2.86. The molecule has 0 aromatic heterocycles. The zero-order valence-corrected chi connectivity index (χ0v) is 16.6. The van der Waals surface area contributed by atoms with E-state index in [1.54, 1.807) is 42.5 Å². The summed E-state index contributed by atoms with van der Waals surface area (Å²) in [5, 5.41) is 3.06. The third-order valence-corrected chi connectivity index (χ3v) is 4.66. The summed E-state index contributed by atoms with van der Waals surface area (Å²) in [4.78, 5) is 38.6. The molecule has 0 radical (unpaired) electrons. The highest BCUT2D eigenvalue weighted by Gasteiger charge is 2.40. The van der Waals surface area contributed by atoms with Gasteiger partial charge in [-0.1, -0.05) is 37.6 Å². The second-order valence-electron chi connectivity index (χ2n) is 7.04. The maximum atomic E-state index is 12.6. The molecule has 6 nitrogen and oxygen atoms in total. The second kappa shape index (κ2) is 8.02. The van der Waals surface area contributed by atoms with E-state index in [2.05, 4.69) is 5.32 Å². The molecule has 1 atom stereocenters. The van der Waals surface area contributed by atoms with Crippen LogP contribution in [0.2, 0.25) is 5.02 Å². The van der Waals surface area contributed by atoms with Crippen molar-refractivity contribution in [1.29, 1.82) is 0 Å². The predicted octanol–water partition coefficient (Wildman–Crippen LogP) is 4.00. The lowest BCUT2D eigenvalue weighted by Crippen LogP contribution is -2.45. The molecule has 1 heterocycles. The van der Waals surface area contributed by atoms with Crippen molar-refractivity contribution >= 4 is 35.0 Å². The normalized spacial score (nSPS) is 14.2. The molecule has 0 fully saturated rings. The van der Waals surface area contributed by atoms with Crippen LogP contribution in [0.25, 0.3) is 0 Å². The summed E-state index contributed by atoms with van der Waals surface area (Å²) in [7, 11) is 0. The van der Waals surface area contributed by atoms with Crippen LogP contribution in [0.4, 0.5) is 5.69 Å². The quantitative estimate of drug-likeness (QED) is 0.743. The number of halogens is 1. The van der Waals surface area contributed by atoms with Crippen molar-refractivity contribution in [2.24, 2.45) is 5.92 Å². The van der Waals surface area contributed by atoms with Crippen molar-refractivity contribution in [3.63, 3.8) is 0 Å². The molecule has 0 saturated heterocycles. The van der Waals surface area contributed by atoms with Gasteiger partial charge in [-0.15, -0.1) is 0 Å². The summed E-state index contributed by atoms with van der Waals surface area (Å²) in [5.41, 5.74) is 1.07. The molecule has 0 saturated carbocycles. The topological polar surface area (TPSA) is 75.7 Å². The Bertz CT molecular complexity index is 907. The van der Waals surface area contributed by atoms with Gasteiger partial charge in [-0.2, -0.15) is 0 Å². The Morgan fingerprint density at radius 2 is 1.68 bits per heavy atom. The van der Waals surface area contributed by atoms with Gasteiger partial charge < -0.3 is 10.1 Å². The Labute approximate surface area is 168 Å². The van der Waals surface area contributed by atoms with Gasteiger partial charge in [-0.05, 0) is 43.2 Å². The van der Waals surface area contributed by atoms with Gasteiger partial charge in [0.1, 0.15) is 11.8 Å². The summed E-state index contributed by atoms with van der Waals surface area (Å²) in [6.07, 6.45) is 0. The first kappa shape index (κ1) is 19.9. The molecule has 3 rings (SSSR count). The molecule has 3 amide bonds. The first-order chi connectivity index (χ1) is 13.3. The molecule has 0 spiro atoms. The molecule has 2 aromatic rings. The van der Waals surface area contributed by atoms with Gasteiger partial charge in [0.15, 0.2) is 0 Å². The number of ether oxygens (including phenoxy) is 1. The molecule has 28 heavy (non-hydrogen) atoms. The number of carbonyl (C=O) groups excluding carboxylic acids is 3. The van der Waals surface area contributed by atoms with Crippen molar-refractivity contribution < 1.29 is 19.1 Å². The summed E-state index contributed by atoms with van der Waals surface area (Å²) >= 11 is 6.22. The fourth-order valence-electron chi connectivity index (χ4n) is 2.88. The molecule has 2 aromatic carbocycles. The molecule has 1 N–H and O–H groups in total. The van der Waals surface area contributed by atoms with Crippen molar-refractivity contribution in [2.75, 3.05) is 11.9 Å². The van der Waals surface area contributed by atoms with Crippen LogP contribution in [0.3, 0.4) is 0 Å². The molecule has 1 aliphatic rings. The van der Waals surface area contributed by atoms with Crippen LogP contribution in [0.15, 0.2) is 42.5 Å². The Morgan fingerprint density at radius 3 is 2.21 bits per heavy atom. The first-order valence-corrected chi connectivity index (χ1v) is 9.37.